The number of nitrogens with one attached hydrogen (secondary N) is 1. The van der Waals surface area contributed by atoms with Crippen molar-refractivity contribution in [1.29, 1.82) is 0 Å². The number of nitrogens with zero attached hydrogens (tertiary/aromatic N) is 2. The number of unbranched alkanes of at least 4 members (excludes halogenated alkanes) is 1. The van der Waals surface area contributed by atoms with Crippen LogP contribution in [0.1, 0.15) is 48.9 Å². The Hall–Kier alpha value is -3.07. The van der Waals surface area contributed by atoms with Crippen LogP contribution in [0, 0.1) is 20.8 Å². The number of benzene rings is 3. The average molecular weight is 619 g/mol. The second kappa shape index (κ2) is 14.2. The van der Waals surface area contributed by atoms with E-state index in [-0.39, 0.29) is 17.3 Å². The minimum atomic E-state index is -4.15. The number of aryl methyl sites for hydroxylation is 3. The first-order chi connectivity index (χ1) is 19.3. The van der Waals surface area contributed by atoms with Crippen molar-refractivity contribution in [3.63, 3.8) is 0 Å². The van der Waals surface area contributed by atoms with Gasteiger partial charge >= 0.3 is 0 Å². The van der Waals surface area contributed by atoms with Gasteiger partial charge in [-0.25, -0.2) is 8.42 Å². The van der Waals surface area contributed by atoms with Crippen molar-refractivity contribution in [3.8, 4) is 0 Å². The largest absolute Gasteiger partial charge is 0.354 e. The standard InChI is InChI=1S/C31H37Cl2N3O4S/c1-6-7-16-34-31(38)24(5)35(19-25-12-13-26(32)18-28(25)33)30(37)20-36(29-17-22(3)8-11-23(29)4)41(39,40)27-14-9-21(2)10-15-27/h8-15,17-18,24H,6-7,16,19-20H2,1-5H3,(H,34,38)/t24-/m1/s1. The molecule has 1 atom stereocenters. The summed E-state index contributed by atoms with van der Waals surface area (Å²) >= 11 is 12.5. The first-order valence-corrected chi connectivity index (χ1v) is 15.7. The third-order valence-corrected chi connectivity index (χ3v) is 9.23. The molecule has 3 aromatic rings. The highest BCUT2D eigenvalue weighted by Gasteiger charge is 2.33. The Labute approximate surface area is 253 Å². The zero-order valence-electron chi connectivity index (χ0n) is 24.1. The number of carbonyl (C=O) groups is 2. The quantitative estimate of drug-likeness (QED) is 0.237. The first kappa shape index (κ1) is 32.4. The summed E-state index contributed by atoms with van der Waals surface area (Å²) < 4.78 is 29.2. The van der Waals surface area contributed by atoms with Gasteiger partial charge in [-0.05, 0) is 81.1 Å². The molecule has 10 heteroatoms. The van der Waals surface area contributed by atoms with E-state index >= 15 is 0 Å². The summed E-state index contributed by atoms with van der Waals surface area (Å²) in [7, 11) is -4.15. The molecule has 0 saturated carbocycles. The molecule has 0 aromatic heterocycles. The number of halogens is 2. The molecular formula is C31H37Cl2N3O4S. The molecular weight excluding hydrogens is 581 g/mol. The molecule has 3 aromatic carbocycles. The van der Waals surface area contributed by atoms with Crippen molar-refractivity contribution in [3.05, 3.63) is 93.0 Å². The number of sulfonamides is 1. The fourth-order valence-corrected chi connectivity index (χ4v) is 6.23. The molecule has 3 rings (SSSR count). The van der Waals surface area contributed by atoms with Crippen molar-refractivity contribution in [2.24, 2.45) is 0 Å². The molecule has 0 bridgehead atoms. The Bertz CT molecular complexity index is 1490. The molecule has 41 heavy (non-hydrogen) atoms. The van der Waals surface area contributed by atoms with Crippen LogP contribution in [0.3, 0.4) is 0 Å². The minimum Gasteiger partial charge on any atom is -0.354 e. The van der Waals surface area contributed by atoms with Gasteiger partial charge in [0.25, 0.3) is 10.0 Å². The molecule has 0 radical (unpaired) electrons. The Balaban J connectivity index is 2.06. The maximum atomic E-state index is 14.1. The minimum absolute atomic E-state index is 0.0115. The fraction of sp³-hybridized carbons (Fsp3) is 0.355. The van der Waals surface area contributed by atoms with Crippen LogP contribution in [-0.2, 0) is 26.2 Å². The number of carbonyl (C=O) groups excluding carboxylic acids is 2. The SMILES string of the molecule is CCCCNC(=O)[C@@H](C)N(Cc1ccc(Cl)cc1Cl)C(=O)CN(c1cc(C)ccc1C)S(=O)(=O)c1ccc(C)cc1. The number of amides is 2. The van der Waals surface area contributed by atoms with Crippen LogP contribution in [0.5, 0.6) is 0 Å². The Kier molecular flexibility index (Phi) is 11.2. The summed E-state index contributed by atoms with van der Waals surface area (Å²) in [4.78, 5) is 28.6. The lowest BCUT2D eigenvalue weighted by Crippen LogP contribution is -2.51. The van der Waals surface area contributed by atoms with Crippen LogP contribution in [-0.4, -0.2) is 44.3 Å². The topological polar surface area (TPSA) is 86.8 Å². The molecule has 0 fully saturated rings. The molecule has 0 spiro atoms. The van der Waals surface area contributed by atoms with Gasteiger partial charge < -0.3 is 10.2 Å². The summed E-state index contributed by atoms with van der Waals surface area (Å²) in [5, 5.41) is 3.65. The monoisotopic (exact) mass is 617 g/mol. The van der Waals surface area contributed by atoms with Gasteiger partial charge in [0, 0.05) is 23.1 Å². The normalized spacial score (nSPS) is 12.1. The lowest BCUT2D eigenvalue weighted by atomic mass is 10.1. The van der Waals surface area contributed by atoms with Gasteiger partial charge in [0.05, 0.1) is 10.6 Å². The summed E-state index contributed by atoms with van der Waals surface area (Å²) in [5.74, 6) is -0.887. The van der Waals surface area contributed by atoms with Crippen molar-refractivity contribution in [1.82, 2.24) is 10.2 Å². The molecule has 0 unspecified atom stereocenters. The van der Waals surface area contributed by atoms with Gasteiger partial charge in [0.1, 0.15) is 12.6 Å². The molecule has 1 N–H and O–H groups in total. The predicted molar refractivity (Wildman–Crippen MR) is 166 cm³/mol. The Morgan fingerprint density at radius 3 is 2.22 bits per heavy atom. The van der Waals surface area contributed by atoms with Crippen molar-refractivity contribution in [2.45, 2.75) is 64.9 Å². The van der Waals surface area contributed by atoms with E-state index in [0.717, 1.165) is 28.3 Å². The third kappa shape index (κ3) is 8.24. The average Bonchev–Trinajstić information content (AvgIpc) is 2.92. The maximum absolute atomic E-state index is 14.1. The van der Waals surface area contributed by atoms with Gasteiger partial charge in [0.2, 0.25) is 11.8 Å². The van der Waals surface area contributed by atoms with E-state index in [4.69, 9.17) is 23.2 Å². The lowest BCUT2D eigenvalue weighted by molar-refractivity contribution is -0.139. The van der Waals surface area contributed by atoms with Crippen LogP contribution in [0.25, 0.3) is 0 Å². The molecule has 0 saturated heterocycles. The second-order valence-corrected chi connectivity index (χ2v) is 12.9. The highest BCUT2D eigenvalue weighted by atomic mass is 35.5. The third-order valence-electron chi connectivity index (χ3n) is 6.87. The summed E-state index contributed by atoms with van der Waals surface area (Å²) in [5.41, 5.74) is 3.42. The van der Waals surface area contributed by atoms with Crippen LogP contribution in [0.2, 0.25) is 10.0 Å². The molecule has 7 nitrogen and oxygen atoms in total. The summed E-state index contributed by atoms with van der Waals surface area (Å²) in [6.07, 6.45) is 1.70. The molecule has 2 amide bonds. The van der Waals surface area contributed by atoms with E-state index < -0.39 is 28.5 Å². The van der Waals surface area contributed by atoms with Gasteiger partial charge in [-0.15, -0.1) is 0 Å². The lowest BCUT2D eigenvalue weighted by Gasteiger charge is -2.32. The molecule has 0 heterocycles. The van der Waals surface area contributed by atoms with E-state index in [1.54, 1.807) is 50.2 Å². The second-order valence-electron chi connectivity index (χ2n) is 10.2. The Morgan fingerprint density at radius 2 is 1.59 bits per heavy atom. The van der Waals surface area contributed by atoms with E-state index in [2.05, 4.69) is 5.32 Å². The van der Waals surface area contributed by atoms with Gasteiger partial charge in [-0.2, -0.15) is 0 Å². The van der Waals surface area contributed by atoms with Crippen LogP contribution in [0.4, 0.5) is 5.69 Å². The Morgan fingerprint density at radius 1 is 0.927 bits per heavy atom. The smallest absolute Gasteiger partial charge is 0.264 e. The van der Waals surface area contributed by atoms with Crippen LogP contribution < -0.4 is 9.62 Å². The van der Waals surface area contributed by atoms with Gasteiger partial charge in [-0.1, -0.05) is 72.4 Å². The number of hydrogen-bond donors (Lipinski definition) is 1. The summed E-state index contributed by atoms with van der Waals surface area (Å²) in [6, 6.07) is 16.0. The number of anilines is 1. The summed E-state index contributed by atoms with van der Waals surface area (Å²) in [6.45, 7) is 9.12. The van der Waals surface area contributed by atoms with Crippen molar-refractivity contribution < 1.29 is 18.0 Å². The van der Waals surface area contributed by atoms with Crippen LogP contribution >= 0.6 is 23.2 Å². The van der Waals surface area contributed by atoms with Gasteiger partial charge in [0.15, 0.2) is 0 Å². The highest BCUT2D eigenvalue weighted by molar-refractivity contribution is 7.92. The number of rotatable bonds is 12. The maximum Gasteiger partial charge on any atom is 0.264 e. The zero-order valence-corrected chi connectivity index (χ0v) is 26.4. The molecule has 0 aliphatic rings. The fourth-order valence-electron chi connectivity index (χ4n) is 4.29. The zero-order chi connectivity index (χ0) is 30.3. The predicted octanol–water partition coefficient (Wildman–Crippen LogP) is 6.45. The van der Waals surface area contributed by atoms with E-state index in [9.17, 15) is 18.0 Å². The molecule has 0 aliphatic heterocycles. The van der Waals surface area contributed by atoms with E-state index in [0.29, 0.717) is 33.4 Å². The van der Waals surface area contributed by atoms with E-state index in [1.807, 2.05) is 32.9 Å². The molecule has 0 aliphatic carbocycles. The van der Waals surface area contributed by atoms with Crippen molar-refractivity contribution in [2.75, 3.05) is 17.4 Å². The first-order valence-electron chi connectivity index (χ1n) is 13.5. The highest BCUT2D eigenvalue weighted by Crippen LogP contribution is 2.29. The van der Waals surface area contributed by atoms with Gasteiger partial charge in [-0.3, -0.25) is 13.9 Å². The number of hydrogen-bond acceptors (Lipinski definition) is 4. The molecule has 220 valence electrons. The van der Waals surface area contributed by atoms with Crippen LogP contribution in [0.15, 0.2) is 65.6 Å². The van der Waals surface area contributed by atoms with Crippen molar-refractivity contribution >= 4 is 50.7 Å². The van der Waals surface area contributed by atoms with E-state index in [1.165, 1.54) is 17.0 Å².